The molecule has 70 valence electrons. The number of nitrogens with one attached hydrogen (secondary N) is 1. The van der Waals surface area contributed by atoms with Crippen LogP contribution >= 0.6 is 0 Å². The first kappa shape index (κ1) is 8.36. The monoisotopic (exact) mass is 190 g/mol. The van der Waals surface area contributed by atoms with Gasteiger partial charge in [0.15, 0.2) is 0 Å². The van der Waals surface area contributed by atoms with Crippen LogP contribution in [0.15, 0.2) is 23.0 Å². The molecular formula is C8H6N4O2. The fraction of sp³-hybridized carbons (Fsp3) is 0. The van der Waals surface area contributed by atoms with Gasteiger partial charge in [-0.05, 0) is 18.2 Å². The average Bonchev–Trinajstić information content (AvgIpc) is 2.17. The number of carbonyl (C=O) groups is 1. The van der Waals surface area contributed by atoms with Gasteiger partial charge in [-0.25, -0.2) is 5.10 Å². The number of fused-ring (bicyclic) bond motifs is 1. The highest BCUT2D eigenvalue weighted by Gasteiger charge is 2.04. The van der Waals surface area contributed by atoms with Crippen LogP contribution < -0.4 is 11.3 Å². The fourth-order valence-electron chi connectivity index (χ4n) is 1.14. The van der Waals surface area contributed by atoms with E-state index in [1.807, 2.05) is 0 Å². The van der Waals surface area contributed by atoms with E-state index in [1.165, 1.54) is 18.2 Å². The van der Waals surface area contributed by atoms with Crippen LogP contribution in [-0.4, -0.2) is 21.3 Å². The lowest BCUT2D eigenvalue weighted by atomic mass is 10.1. The SMILES string of the molecule is NC(=O)c1ccc2c(=O)[nH]nnc2c1. The zero-order chi connectivity index (χ0) is 10.1. The van der Waals surface area contributed by atoms with Crippen molar-refractivity contribution in [2.24, 2.45) is 5.73 Å². The van der Waals surface area contributed by atoms with Gasteiger partial charge in [0.2, 0.25) is 5.91 Å². The highest BCUT2D eigenvalue weighted by atomic mass is 16.1. The number of amides is 1. The first-order chi connectivity index (χ1) is 6.68. The van der Waals surface area contributed by atoms with E-state index in [4.69, 9.17) is 5.73 Å². The van der Waals surface area contributed by atoms with E-state index in [9.17, 15) is 9.59 Å². The van der Waals surface area contributed by atoms with Crippen molar-refractivity contribution < 1.29 is 4.79 Å². The molecule has 6 nitrogen and oxygen atoms in total. The Morgan fingerprint density at radius 1 is 1.43 bits per heavy atom. The third kappa shape index (κ3) is 1.22. The maximum atomic E-state index is 11.2. The van der Waals surface area contributed by atoms with Gasteiger partial charge in [0.05, 0.1) is 5.39 Å². The topological polar surface area (TPSA) is 102 Å². The van der Waals surface area contributed by atoms with Crippen LogP contribution in [0.4, 0.5) is 0 Å². The van der Waals surface area contributed by atoms with Gasteiger partial charge in [-0.1, -0.05) is 5.21 Å². The Balaban J connectivity index is 2.80. The summed E-state index contributed by atoms with van der Waals surface area (Å²) >= 11 is 0. The molecular weight excluding hydrogens is 184 g/mol. The highest BCUT2D eigenvalue weighted by Crippen LogP contribution is 2.07. The summed E-state index contributed by atoms with van der Waals surface area (Å²) in [6, 6.07) is 4.39. The summed E-state index contributed by atoms with van der Waals surface area (Å²) in [5, 5.41) is 9.61. The summed E-state index contributed by atoms with van der Waals surface area (Å²) in [6.07, 6.45) is 0. The third-order valence-corrected chi connectivity index (χ3v) is 1.84. The summed E-state index contributed by atoms with van der Waals surface area (Å²) in [5.41, 5.74) is 5.38. The lowest BCUT2D eigenvalue weighted by molar-refractivity contribution is 0.100. The quantitative estimate of drug-likeness (QED) is 0.627. The van der Waals surface area contributed by atoms with Crippen LogP contribution in [0.5, 0.6) is 0 Å². The van der Waals surface area contributed by atoms with Crippen LogP contribution in [-0.2, 0) is 0 Å². The van der Waals surface area contributed by atoms with Crippen LogP contribution in [0, 0.1) is 0 Å². The minimum atomic E-state index is -0.561. The maximum absolute atomic E-state index is 11.2. The van der Waals surface area contributed by atoms with Crippen molar-refractivity contribution in [3.05, 3.63) is 34.1 Å². The van der Waals surface area contributed by atoms with Gasteiger partial charge in [0.25, 0.3) is 5.56 Å². The number of benzene rings is 1. The Morgan fingerprint density at radius 3 is 2.93 bits per heavy atom. The second-order valence-corrected chi connectivity index (χ2v) is 2.74. The molecule has 0 aliphatic carbocycles. The number of hydrogen-bond donors (Lipinski definition) is 2. The predicted octanol–water partition coefficient (Wildman–Crippen LogP) is -0.583. The Kier molecular flexibility index (Phi) is 1.74. The molecule has 2 aromatic rings. The fourth-order valence-corrected chi connectivity index (χ4v) is 1.14. The minimum Gasteiger partial charge on any atom is -0.366 e. The molecule has 0 fully saturated rings. The predicted molar refractivity (Wildman–Crippen MR) is 48.7 cm³/mol. The van der Waals surface area contributed by atoms with Gasteiger partial charge in [-0.15, -0.1) is 5.10 Å². The van der Waals surface area contributed by atoms with Crippen molar-refractivity contribution in [1.82, 2.24) is 15.4 Å². The molecule has 14 heavy (non-hydrogen) atoms. The Hall–Kier alpha value is -2.24. The average molecular weight is 190 g/mol. The van der Waals surface area contributed by atoms with Gasteiger partial charge >= 0.3 is 0 Å². The summed E-state index contributed by atoms with van der Waals surface area (Å²) in [4.78, 5) is 22.0. The summed E-state index contributed by atoms with van der Waals surface area (Å²) in [6.45, 7) is 0. The lowest BCUT2D eigenvalue weighted by Gasteiger charge is -1.96. The van der Waals surface area contributed by atoms with Gasteiger partial charge < -0.3 is 5.73 Å². The highest BCUT2D eigenvalue weighted by molar-refractivity contribution is 5.96. The van der Waals surface area contributed by atoms with Gasteiger partial charge in [0, 0.05) is 5.56 Å². The molecule has 0 radical (unpaired) electrons. The number of hydrogen-bond acceptors (Lipinski definition) is 4. The molecule has 0 bridgehead atoms. The first-order valence-corrected chi connectivity index (χ1v) is 3.83. The second-order valence-electron chi connectivity index (χ2n) is 2.74. The Labute approximate surface area is 77.7 Å². The molecule has 0 unspecified atom stereocenters. The van der Waals surface area contributed by atoms with Crippen LogP contribution in [0.1, 0.15) is 10.4 Å². The zero-order valence-corrected chi connectivity index (χ0v) is 7.02. The molecule has 1 aromatic heterocycles. The molecule has 0 spiro atoms. The largest absolute Gasteiger partial charge is 0.366 e. The zero-order valence-electron chi connectivity index (χ0n) is 7.02. The van der Waals surface area contributed by atoms with E-state index < -0.39 is 5.91 Å². The molecule has 0 atom stereocenters. The van der Waals surface area contributed by atoms with Crippen molar-refractivity contribution in [2.45, 2.75) is 0 Å². The Morgan fingerprint density at radius 2 is 2.21 bits per heavy atom. The summed E-state index contributed by atoms with van der Waals surface area (Å²) in [5.74, 6) is -0.561. The van der Waals surface area contributed by atoms with E-state index in [2.05, 4.69) is 15.4 Å². The maximum Gasteiger partial charge on any atom is 0.275 e. The normalized spacial score (nSPS) is 10.3. The van der Waals surface area contributed by atoms with E-state index in [1.54, 1.807) is 0 Å². The van der Waals surface area contributed by atoms with Crippen LogP contribution in [0.2, 0.25) is 0 Å². The van der Waals surface area contributed by atoms with Gasteiger partial charge in [-0.3, -0.25) is 9.59 Å². The second kappa shape index (κ2) is 2.91. The van der Waals surface area contributed by atoms with Crippen molar-refractivity contribution >= 4 is 16.8 Å². The van der Waals surface area contributed by atoms with Gasteiger partial charge in [-0.2, -0.15) is 0 Å². The van der Waals surface area contributed by atoms with Crippen LogP contribution in [0.25, 0.3) is 10.9 Å². The van der Waals surface area contributed by atoms with Crippen molar-refractivity contribution in [3.63, 3.8) is 0 Å². The van der Waals surface area contributed by atoms with E-state index in [0.717, 1.165) is 0 Å². The number of nitrogens with two attached hydrogens (primary N) is 1. The lowest BCUT2D eigenvalue weighted by Crippen LogP contribution is -2.13. The molecule has 1 heterocycles. The number of rotatable bonds is 1. The van der Waals surface area contributed by atoms with E-state index in [0.29, 0.717) is 16.5 Å². The van der Waals surface area contributed by atoms with Gasteiger partial charge in [0.1, 0.15) is 5.52 Å². The van der Waals surface area contributed by atoms with Crippen LogP contribution in [0.3, 0.4) is 0 Å². The molecule has 1 amide bonds. The number of aromatic amines is 1. The Bertz CT molecular complexity index is 561. The molecule has 1 aromatic carbocycles. The molecule has 0 saturated carbocycles. The minimum absolute atomic E-state index is 0.303. The summed E-state index contributed by atoms with van der Waals surface area (Å²) in [7, 11) is 0. The molecule has 6 heteroatoms. The molecule has 0 saturated heterocycles. The summed E-state index contributed by atoms with van der Waals surface area (Å²) < 4.78 is 0. The van der Waals surface area contributed by atoms with E-state index in [-0.39, 0.29) is 5.56 Å². The number of nitrogens with zero attached hydrogens (tertiary/aromatic N) is 2. The van der Waals surface area contributed by atoms with Crippen molar-refractivity contribution in [3.8, 4) is 0 Å². The standard InChI is InChI=1S/C8H6N4O2/c9-7(13)4-1-2-5-6(3-4)10-12-11-8(5)14/h1-3H,(H2,9,13)(H,10,11,14). The smallest absolute Gasteiger partial charge is 0.275 e. The number of H-pyrrole nitrogens is 1. The molecule has 0 aliphatic rings. The molecule has 3 N–H and O–H groups in total. The third-order valence-electron chi connectivity index (χ3n) is 1.84. The molecule has 0 aliphatic heterocycles. The first-order valence-electron chi connectivity index (χ1n) is 3.83. The number of primary amides is 1. The molecule has 2 rings (SSSR count). The van der Waals surface area contributed by atoms with Crippen molar-refractivity contribution in [2.75, 3.05) is 0 Å². The van der Waals surface area contributed by atoms with E-state index >= 15 is 0 Å². The number of aromatic nitrogens is 3. The van der Waals surface area contributed by atoms with Crippen molar-refractivity contribution in [1.29, 1.82) is 0 Å². The number of carbonyl (C=O) groups excluding carboxylic acids is 1.